The first-order valence-corrected chi connectivity index (χ1v) is 13.3. The zero-order chi connectivity index (χ0) is 23.2. The third kappa shape index (κ3) is 6.83. The number of hydrogen-bond donors (Lipinski definition) is 1. The van der Waals surface area contributed by atoms with Gasteiger partial charge in [0.25, 0.3) is 0 Å². The van der Waals surface area contributed by atoms with Gasteiger partial charge in [-0.25, -0.2) is 0 Å². The molecule has 3 nitrogen and oxygen atoms in total. The molecule has 0 radical (unpaired) electrons. The molecule has 2 atom stereocenters. The van der Waals surface area contributed by atoms with Crippen LogP contribution >= 0.6 is 0 Å². The maximum Gasteiger partial charge on any atom is 0.0715 e. The second-order valence-electron chi connectivity index (χ2n) is 11.0. The molecule has 0 amide bonds. The van der Waals surface area contributed by atoms with Gasteiger partial charge in [0.1, 0.15) is 0 Å². The lowest BCUT2D eigenvalue weighted by molar-refractivity contribution is 0.0840. The molecule has 0 aromatic heterocycles. The average molecular weight is 449 g/mol. The largest absolute Gasteiger partial charge is 0.391 e. The Labute approximate surface area is 201 Å². The van der Waals surface area contributed by atoms with Crippen LogP contribution in [0.1, 0.15) is 63.5 Å². The van der Waals surface area contributed by atoms with Crippen LogP contribution in [0, 0.1) is 17.8 Å². The molecule has 1 aromatic rings. The maximum absolute atomic E-state index is 9.98. The predicted octanol–water partition coefficient (Wildman–Crippen LogP) is 5.92. The van der Waals surface area contributed by atoms with Crippen molar-refractivity contribution >= 4 is 5.57 Å². The van der Waals surface area contributed by atoms with Gasteiger partial charge in [0.2, 0.25) is 0 Å². The fourth-order valence-electron chi connectivity index (χ4n) is 5.74. The standard InChI is InChI=1S/C30H44N2O/c1-23(2)21-31-19-16-26(17-20-31)7-6-25-8-10-28(11-9-25)29-14-12-27(13-15-29)24(3)32-18-4-5-30(33)22-32/h8-12,14-15,23,26-27,30,33H,3-7,13,16-22H2,1-2H3. The molecule has 2 fully saturated rings. The molecule has 2 heterocycles. The number of hydrogen-bond acceptors (Lipinski definition) is 3. The minimum Gasteiger partial charge on any atom is -0.391 e. The van der Waals surface area contributed by atoms with Crippen LogP contribution < -0.4 is 0 Å². The summed E-state index contributed by atoms with van der Waals surface area (Å²) in [6.07, 6.45) is 15.0. The molecular weight excluding hydrogens is 404 g/mol. The Morgan fingerprint density at radius 1 is 1.09 bits per heavy atom. The van der Waals surface area contributed by atoms with Crippen molar-refractivity contribution in [2.75, 3.05) is 32.7 Å². The molecule has 1 aliphatic carbocycles. The Balaban J connectivity index is 1.23. The van der Waals surface area contributed by atoms with Gasteiger partial charge in [0.05, 0.1) is 6.10 Å². The molecular formula is C30H44N2O. The van der Waals surface area contributed by atoms with Crippen LogP contribution in [0.25, 0.3) is 5.57 Å². The van der Waals surface area contributed by atoms with Gasteiger partial charge in [0, 0.05) is 31.2 Å². The van der Waals surface area contributed by atoms with Crippen molar-refractivity contribution < 1.29 is 5.11 Å². The molecule has 33 heavy (non-hydrogen) atoms. The van der Waals surface area contributed by atoms with Crippen molar-refractivity contribution in [2.45, 2.75) is 64.9 Å². The third-order valence-electron chi connectivity index (χ3n) is 7.79. The summed E-state index contributed by atoms with van der Waals surface area (Å²) < 4.78 is 0. The number of benzene rings is 1. The number of aryl methyl sites for hydroxylation is 1. The Morgan fingerprint density at radius 3 is 2.48 bits per heavy atom. The molecule has 2 unspecified atom stereocenters. The van der Waals surface area contributed by atoms with Crippen molar-refractivity contribution in [1.82, 2.24) is 9.80 Å². The topological polar surface area (TPSA) is 26.7 Å². The van der Waals surface area contributed by atoms with E-state index in [1.165, 1.54) is 62.0 Å². The fraction of sp³-hybridized carbons (Fsp3) is 0.600. The van der Waals surface area contributed by atoms with Crippen LogP contribution in [0.15, 0.2) is 54.8 Å². The molecule has 3 heteroatoms. The number of piperidine rings is 2. The summed E-state index contributed by atoms with van der Waals surface area (Å²) in [6.45, 7) is 14.6. The number of allylic oxidation sites excluding steroid dienone is 4. The van der Waals surface area contributed by atoms with Crippen molar-refractivity contribution in [2.24, 2.45) is 17.8 Å². The normalized spacial score (nSPS) is 24.8. The number of aliphatic hydroxyl groups excluding tert-OH is 1. The van der Waals surface area contributed by atoms with Crippen LogP contribution in [0.5, 0.6) is 0 Å². The SMILES string of the molecule is C=C(C1C=CC(c2ccc(CCC3CCN(CC(C)C)CC3)cc2)=CC1)N1CCCC(O)C1. The lowest BCUT2D eigenvalue weighted by atomic mass is 9.88. The van der Waals surface area contributed by atoms with Crippen molar-refractivity contribution in [1.29, 1.82) is 0 Å². The van der Waals surface area contributed by atoms with Gasteiger partial charge in [-0.1, -0.05) is 62.9 Å². The molecule has 0 spiro atoms. The first-order chi connectivity index (χ1) is 16.0. The Kier molecular flexibility index (Phi) is 8.49. The highest BCUT2D eigenvalue weighted by molar-refractivity contribution is 5.75. The van der Waals surface area contributed by atoms with Gasteiger partial charge in [-0.15, -0.1) is 0 Å². The van der Waals surface area contributed by atoms with E-state index in [9.17, 15) is 5.11 Å². The van der Waals surface area contributed by atoms with E-state index in [2.05, 4.69) is 72.7 Å². The summed E-state index contributed by atoms with van der Waals surface area (Å²) in [5.41, 5.74) is 5.26. The van der Waals surface area contributed by atoms with E-state index >= 15 is 0 Å². The number of likely N-dealkylation sites (tertiary alicyclic amines) is 2. The lowest BCUT2D eigenvalue weighted by Crippen LogP contribution is -2.39. The van der Waals surface area contributed by atoms with E-state index in [1.807, 2.05) is 0 Å². The smallest absolute Gasteiger partial charge is 0.0715 e. The minimum absolute atomic E-state index is 0.203. The minimum atomic E-state index is -0.203. The number of rotatable bonds is 8. The summed E-state index contributed by atoms with van der Waals surface area (Å²) >= 11 is 0. The van der Waals surface area contributed by atoms with Gasteiger partial charge in [-0.05, 0) is 86.6 Å². The van der Waals surface area contributed by atoms with Gasteiger partial charge in [0.15, 0.2) is 0 Å². The molecule has 3 aliphatic rings. The molecule has 0 bridgehead atoms. The summed E-state index contributed by atoms with van der Waals surface area (Å²) in [5, 5.41) is 9.98. The van der Waals surface area contributed by atoms with Crippen LogP contribution in [0.3, 0.4) is 0 Å². The first-order valence-electron chi connectivity index (χ1n) is 13.3. The quantitative estimate of drug-likeness (QED) is 0.535. The second-order valence-corrected chi connectivity index (χ2v) is 11.0. The van der Waals surface area contributed by atoms with Gasteiger partial charge in [-0.3, -0.25) is 0 Å². The van der Waals surface area contributed by atoms with E-state index in [4.69, 9.17) is 0 Å². The van der Waals surface area contributed by atoms with E-state index in [-0.39, 0.29) is 6.10 Å². The predicted molar refractivity (Wildman–Crippen MR) is 140 cm³/mol. The molecule has 1 N–H and O–H groups in total. The average Bonchev–Trinajstić information content (AvgIpc) is 2.83. The van der Waals surface area contributed by atoms with Crippen molar-refractivity contribution in [3.8, 4) is 0 Å². The van der Waals surface area contributed by atoms with E-state index in [0.717, 1.165) is 49.9 Å². The van der Waals surface area contributed by atoms with Gasteiger partial charge in [-0.2, -0.15) is 0 Å². The first kappa shape index (κ1) is 24.3. The Morgan fingerprint density at radius 2 is 1.85 bits per heavy atom. The molecule has 2 saturated heterocycles. The highest BCUT2D eigenvalue weighted by atomic mass is 16.3. The third-order valence-corrected chi connectivity index (χ3v) is 7.79. The Hall–Kier alpha value is -1.84. The summed E-state index contributed by atoms with van der Waals surface area (Å²) in [5.74, 6) is 2.02. The second kappa shape index (κ2) is 11.5. The Bertz CT molecular complexity index is 829. The van der Waals surface area contributed by atoms with Gasteiger partial charge >= 0.3 is 0 Å². The fourth-order valence-corrected chi connectivity index (χ4v) is 5.74. The summed E-state index contributed by atoms with van der Waals surface area (Å²) in [4.78, 5) is 4.93. The van der Waals surface area contributed by atoms with Crippen LogP contribution in [0.2, 0.25) is 0 Å². The van der Waals surface area contributed by atoms with Crippen molar-refractivity contribution in [3.63, 3.8) is 0 Å². The van der Waals surface area contributed by atoms with E-state index in [0.29, 0.717) is 5.92 Å². The molecule has 180 valence electrons. The highest BCUT2D eigenvalue weighted by Crippen LogP contribution is 2.31. The molecule has 1 aromatic carbocycles. The van der Waals surface area contributed by atoms with Gasteiger partial charge < -0.3 is 14.9 Å². The zero-order valence-electron chi connectivity index (χ0n) is 20.9. The molecule has 0 saturated carbocycles. The van der Waals surface area contributed by atoms with E-state index < -0.39 is 0 Å². The lowest BCUT2D eigenvalue weighted by Gasteiger charge is -2.36. The summed E-state index contributed by atoms with van der Waals surface area (Å²) in [6, 6.07) is 9.26. The molecule has 4 rings (SSSR count). The van der Waals surface area contributed by atoms with E-state index in [1.54, 1.807) is 0 Å². The number of aliphatic hydroxyl groups is 1. The summed E-state index contributed by atoms with van der Waals surface area (Å²) in [7, 11) is 0. The number of β-amino-alcohol motifs (C(OH)–C–C–N with tert-alkyl or cyclic N) is 1. The number of nitrogens with zero attached hydrogens (tertiary/aromatic N) is 2. The van der Waals surface area contributed by atoms with Crippen LogP contribution in [-0.2, 0) is 6.42 Å². The molecule has 2 aliphatic heterocycles. The zero-order valence-corrected chi connectivity index (χ0v) is 20.9. The maximum atomic E-state index is 9.98. The van der Waals surface area contributed by atoms with Crippen molar-refractivity contribution in [3.05, 3.63) is 65.9 Å². The monoisotopic (exact) mass is 448 g/mol. The highest BCUT2D eigenvalue weighted by Gasteiger charge is 2.23. The van der Waals surface area contributed by atoms with Crippen LogP contribution in [-0.4, -0.2) is 53.7 Å². The van der Waals surface area contributed by atoms with Crippen LogP contribution in [0.4, 0.5) is 0 Å².